The summed E-state index contributed by atoms with van der Waals surface area (Å²) >= 11 is 0. The minimum Gasteiger partial charge on any atom is -1.00 e. The van der Waals surface area contributed by atoms with Crippen LogP contribution in [0, 0.1) is 0 Å². The molecule has 0 saturated carbocycles. The van der Waals surface area contributed by atoms with Crippen LogP contribution in [0.1, 0.15) is 32.6 Å². The van der Waals surface area contributed by atoms with Gasteiger partial charge >= 0.3 is 0 Å². The molecule has 35 heavy (non-hydrogen) atoms. The van der Waals surface area contributed by atoms with Crippen molar-refractivity contribution in [3.05, 3.63) is 115 Å². The van der Waals surface area contributed by atoms with Crippen LogP contribution in [0.15, 0.2) is 115 Å². The second-order valence-electron chi connectivity index (χ2n) is 8.83. The maximum absolute atomic E-state index is 5.54. The van der Waals surface area contributed by atoms with E-state index in [2.05, 4.69) is 116 Å². The quantitative estimate of drug-likeness (QED) is 0.146. The van der Waals surface area contributed by atoms with E-state index in [4.69, 9.17) is 9.47 Å². The van der Waals surface area contributed by atoms with Crippen molar-refractivity contribution in [1.82, 2.24) is 0 Å². The van der Waals surface area contributed by atoms with Crippen molar-refractivity contribution < 1.29 is 33.5 Å². The molecular formula is C31H36IO2P. The molecule has 1 heterocycles. The van der Waals surface area contributed by atoms with Crippen LogP contribution in [0.5, 0.6) is 0 Å². The Labute approximate surface area is 228 Å². The largest absolute Gasteiger partial charge is 1.00 e. The van der Waals surface area contributed by atoms with Crippen molar-refractivity contribution in [2.45, 2.75) is 38.9 Å². The molecule has 3 aromatic carbocycles. The van der Waals surface area contributed by atoms with Gasteiger partial charge in [0.15, 0.2) is 6.29 Å². The van der Waals surface area contributed by atoms with Gasteiger partial charge in [-0.1, -0.05) is 78.4 Å². The van der Waals surface area contributed by atoms with Crippen molar-refractivity contribution in [3.63, 3.8) is 0 Å². The second-order valence-corrected chi connectivity index (χ2v) is 12.4. The molecule has 2 nitrogen and oxygen atoms in total. The molecule has 0 aromatic heterocycles. The molecule has 0 unspecified atom stereocenters. The number of benzene rings is 3. The number of unbranched alkanes of at least 4 members (excludes halogenated alkanes) is 1. The SMILES string of the molecule is CC(=CC=CCCC[P+](c1ccccc1)(c1ccccc1)c1ccccc1)CCC1OCCO1.[I-]. The van der Waals surface area contributed by atoms with Gasteiger partial charge in [-0.25, -0.2) is 0 Å². The molecule has 4 rings (SSSR count). The summed E-state index contributed by atoms with van der Waals surface area (Å²) in [4.78, 5) is 0. The fourth-order valence-electron chi connectivity index (χ4n) is 4.66. The average molecular weight is 599 g/mol. The average Bonchev–Trinajstić information content (AvgIpc) is 3.43. The molecule has 184 valence electrons. The summed E-state index contributed by atoms with van der Waals surface area (Å²) in [6.07, 6.45) is 12.1. The molecule has 0 spiro atoms. The standard InChI is InChI=1S/C31H36O2P.HI/c1-27(22-23-31-32-24-25-33-31)15-7-2-3-14-26-34(28-16-8-4-9-17-28,29-18-10-5-11-19-29)30-20-12-6-13-21-30;/h2,4-13,15-21,31H,3,14,22-26H2,1H3;1H/q+1;/p-1. The van der Waals surface area contributed by atoms with E-state index in [9.17, 15) is 0 Å². The predicted molar refractivity (Wildman–Crippen MR) is 147 cm³/mol. The lowest BCUT2D eigenvalue weighted by Gasteiger charge is -2.27. The zero-order valence-corrected chi connectivity index (χ0v) is 23.6. The minimum absolute atomic E-state index is 0. The number of rotatable bonds is 11. The summed E-state index contributed by atoms with van der Waals surface area (Å²) in [6, 6.07) is 33.4. The first-order valence-electron chi connectivity index (χ1n) is 12.4. The van der Waals surface area contributed by atoms with Crippen molar-refractivity contribution in [2.75, 3.05) is 19.4 Å². The van der Waals surface area contributed by atoms with Crippen LogP contribution >= 0.6 is 7.26 Å². The molecular weight excluding hydrogens is 562 g/mol. The third-order valence-electron chi connectivity index (χ3n) is 6.44. The first kappa shape index (κ1) is 27.8. The number of allylic oxidation sites excluding steroid dienone is 4. The Hall–Kier alpha value is -1.78. The molecule has 0 amide bonds. The fraction of sp³-hybridized carbons (Fsp3) is 0.290. The predicted octanol–water partition coefficient (Wildman–Crippen LogP) is 3.42. The lowest BCUT2D eigenvalue weighted by atomic mass is 10.1. The normalized spacial score (nSPS) is 14.8. The Morgan fingerprint density at radius 3 is 1.77 bits per heavy atom. The summed E-state index contributed by atoms with van der Waals surface area (Å²) in [6.45, 7) is 3.65. The highest BCUT2D eigenvalue weighted by Crippen LogP contribution is 2.55. The van der Waals surface area contributed by atoms with E-state index >= 15 is 0 Å². The van der Waals surface area contributed by atoms with E-state index in [1.165, 1.54) is 21.5 Å². The monoisotopic (exact) mass is 598 g/mol. The third-order valence-corrected chi connectivity index (χ3v) is 11.0. The lowest BCUT2D eigenvalue weighted by molar-refractivity contribution is -0.0461. The van der Waals surface area contributed by atoms with Gasteiger partial charge in [0.1, 0.15) is 23.2 Å². The third kappa shape index (κ3) is 7.60. The molecule has 4 heteroatoms. The number of hydrogen-bond acceptors (Lipinski definition) is 2. The molecule has 1 aliphatic rings. The second kappa shape index (κ2) is 14.7. The highest BCUT2D eigenvalue weighted by atomic mass is 127. The van der Waals surface area contributed by atoms with Crippen LogP contribution in [0.4, 0.5) is 0 Å². The molecule has 0 bridgehead atoms. The van der Waals surface area contributed by atoms with Gasteiger partial charge in [0, 0.05) is 6.42 Å². The highest BCUT2D eigenvalue weighted by Gasteiger charge is 2.44. The molecule has 3 aromatic rings. The molecule has 0 radical (unpaired) electrons. The lowest BCUT2D eigenvalue weighted by Crippen LogP contribution is -3.00. The summed E-state index contributed by atoms with van der Waals surface area (Å²) < 4.78 is 11.1. The van der Waals surface area contributed by atoms with E-state index in [1.54, 1.807) is 0 Å². The smallest absolute Gasteiger partial charge is 0.158 e. The summed E-state index contributed by atoms with van der Waals surface area (Å²) in [5.74, 6) is 0. The van der Waals surface area contributed by atoms with Gasteiger partial charge in [-0.15, -0.1) is 0 Å². The van der Waals surface area contributed by atoms with Gasteiger partial charge < -0.3 is 33.5 Å². The topological polar surface area (TPSA) is 18.5 Å². The van der Waals surface area contributed by atoms with Gasteiger partial charge in [0.2, 0.25) is 0 Å². The van der Waals surface area contributed by atoms with Crippen LogP contribution < -0.4 is 39.9 Å². The highest BCUT2D eigenvalue weighted by molar-refractivity contribution is 7.95. The maximum atomic E-state index is 5.54. The molecule has 1 saturated heterocycles. The van der Waals surface area contributed by atoms with Crippen molar-refractivity contribution in [3.8, 4) is 0 Å². The van der Waals surface area contributed by atoms with E-state index in [-0.39, 0.29) is 30.3 Å². The Morgan fingerprint density at radius 1 is 0.800 bits per heavy atom. The van der Waals surface area contributed by atoms with Crippen LogP contribution in [0.25, 0.3) is 0 Å². The van der Waals surface area contributed by atoms with E-state index < -0.39 is 7.26 Å². The van der Waals surface area contributed by atoms with Crippen molar-refractivity contribution in [2.24, 2.45) is 0 Å². The summed E-state index contributed by atoms with van der Waals surface area (Å²) in [7, 11) is -1.72. The first-order valence-corrected chi connectivity index (χ1v) is 14.4. The first-order chi connectivity index (χ1) is 16.8. The van der Waals surface area contributed by atoms with Crippen molar-refractivity contribution in [1.29, 1.82) is 0 Å². The zero-order valence-electron chi connectivity index (χ0n) is 20.6. The van der Waals surface area contributed by atoms with Crippen LogP contribution in [0.3, 0.4) is 0 Å². The van der Waals surface area contributed by atoms with Gasteiger partial charge in [0.05, 0.1) is 19.4 Å². The van der Waals surface area contributed by atoms with Crippen molar-refractivity contribution >= 4 is 23.2 Å². The van der Waals surface area contributed by atoms with Crippen LogP contribution in [-0.2, 0) is 9.47 Å². The Bertz CT molecular complexity index is 948. The van der Waals surface area contributed by atoms with E-state index in [0.717, 1.165) is 45.1 Å². The number of hydrogen-bond donors (Lipinski definition) is 0. The van der Waals surface area contributed by atoms with Crippen LogP contribution in [-0.4, -0.2) is 25.7 Å². The molecule has 1 fully saturated rings. The molecule has 0 atom stereocenters. The van der Waals surface area contributed by atoms with Gasteiger partial charge in [0.25, 0.3) is 0 Å². The Kier molecular flexibility index (Phi) is 11.7. The molecule has 0 aliphatic carbocycles. The fourth-order valence-corrected chi connectivity index (χ4v) is 9.03. The summed E-state index contributed by atoms with van der Waals surface area (Å²) in [5, 5.41) is 4.38. The summed E-state index contributed by atoms with van der Waals surface area (Å²) in [5.41, 5.74) is 1.37. The molecule has 0 N–H and O–H groups in total. The van der Waals surface area contributed by atoms with Gasteiger partial charge in [-0.3, -0.25) is 0 Å². The Balaban J connectivity index is 0.00000342. The maximum Gasteiger partial charge on any atom is 0.158 e. The van der Waals surface area contributed by atoms with E-state index in [1.807, 2.05) is 0 Å². The van der Waals surface area contributed by atoms with Gasteiger partial charge in [-0.2, -0.15) is 0 Å². The van der Waals surface area contributed by atoms with Crippen LogP contribution in [0.2, 0.25) is 0 Å². The van der Waals surface area contributed by atoms with E-state index in [0.29, 0.717) is 0 Å². The Morgan fingerprint density at radius 2 is 1.29 bits per heavy atom. The molecule has 1 aliphatic heterocycles. The minimum atomic E-state index is -1.72. The zero-order chi connectivity index (χ0) is 23.5. The number of ether oxygens (including phenoxy) is 2. The van der Waals surface area contributed by atoms with Gasteiger partial charge in [-0.05, 0) is 62.6 Å². The number of halogens is 1.